The summed E-state index contributed by atoms with van der Waals surface area (Å²) in [4.78, 5) is 0. The number of hydrogen-bond acceptors (Lipinski definition) is 6. The van der Waals surface area contributed by atoms with Crippen LogP contribution in [0.2, 0.25) is 0 Å². The molecule has 0 spiro atoms. The molecular formula is C10H11F3O6. The van der Waals surface area contributed by atoms with Crippen LogP contribution in [0.5, 0.6) is 0 Å². The average Bonchev–Trinajstić information content (AvgIpc) is 2.31. The first kappa shape index (κ1) is 14.9. The second-order valence-corrected chi connectivity index (χ2v) is 3.43. The first-order valence-electron chi connectivity index (χ1n) is 5.03. The molecule has 4 N–H and O–H groups in total. The minimum absolute atomic E-state index is 0.00884. The molecule has 19 heavy (non-hydrogen) atoms. The molecule has 0 saturated carbocycles. The van der Waals surface area contributed by atoms with Crippen molar-refractivity contribution in [3.8, 4) is 0 Å². The number of hydrogen-bond donors (Lipinski definition) is 4. The molecule has 6 nitrogen and oxygen atoms in total. The highest BCUT2D eigenvalue weighted by Gasteiger charge is 2.41. The standard InChI is InChI=1S/C10H11F3O6/c1-2-3-4(10(11,12)13)18-9-7(16)5(14)6(15)8(17)19-9/h3,9,14-17H,2H2,1H3. The fourth-order valence-electron chi connectivity index (χ4n) is 1.16. The number of rotatable bonds is 3. The van der Waals surface area contributed by atoms with Gasteiger partial charge in [0, 0.05) is 0 Å². The third-order valence-electron chi connectivity index (χ3n) is 2.01. The van der Waals surface area contributed by atoms with Gasteiger partial charge in [0.1, 0.15) is 0 Å². The fourth-order valence-corrected chi connectivity index (χ4v) is 1.16. The van der Waals surface area contributed by atoms with Crippen molar-refractivity contribution < 1.29 is 43.1 Å². The molecule has 9 heteroatoms. The molecule has 0 radical (unpaired) electrons. The molecule has 0 bridgehead atoms. The van der Waals surface area contributed by atoms with Crippen LogP contribution in [-0.2, 0) is 9.47 Å². The van der Waals surface area contributed by atoms with Crippen LogP contribution in [-0.4, -0.2) is 32.9 Å². The zero-order valence-corrected chi connectivity index (χ0v) is 9.60. The number of allylic oxidation sites excluding steroid dienone is 2. The van der Waals surface area contributed by atoms with Crippen molar-refractivity contribution >= 4 is 0 Å². The van der Waals surface area contributed by atoms with E-state index in [0.717, 1.165) is 0 Å². The molecule has 1 heterocycles. The van der Waals surface area contributed by atoms with Crippen LogP contribution in [0.1, 0.15) is 13.3 Å². The molecular weight excluding hydrogens is 273 g/mol. The molecule has 0 aliphatic carbocycles. The van der Waals surface area contributed by atoms with E-state index in [0.29, 0.717) is 6.08 Å². The summed E-state index contributed by atoms with van der Waals surface area (Å²) >= 11 is 0. The Labute approximate surface area is 105 Å². The Balaban J connectivity index is 2.99. The van der Waals surface area contributed by atoms with Crippen molar-refractivity contribution in [2.45, 2.75) is 25.8 Å². The number of alkyl halides is 3. The Morgan fingerprint density at radius 3 is 2.32 bits per heavy atom. The Morgan fingerprint density at radius 1 is 1.26 bits per heavy atom. The minimum Gasteiger partial charge on any atom is -0.503 e. The van der Waals surface area contributed by atoms with E-state index in [1.54, 1.807) is 0 Å². The highest BCUT2D eigenvalue weighted by molar-refractivity contribution is 5.26. The maximum atomic E-state index is 12.5. The number of halogens is 3. The second kappa shape index (κ2) is 5.21. The van der Waals surface area contributed by atoms with Gasteiger partial charge in [0.15, 0.2) is 0 Å². The van der Waals surface area contributed by atoms with Crippen molar-refractivity contribution in [2.24, 2.45) is 0 Å². The summed E-state index contributed by atoms with van der Waals surface area (Å²) in [5.74, 6) is -6.36. The van der Waals surface area contributed by atoms with Crippen molar-refractivity contribution in [2.75, 3.05) is 0 Å². The second-order valence-electron chi connectivity index (χ2n) is 3.43. The lowest BCUT2D eigenvalue weighted by Gasteiger charge is -2.25. The van der Waals surface area contributed by atoms with Gasteiger partial charge in [0.2, 0.25) is 23.0 Å². The van der Waals surface area contributed by atoms with Gasteiger partial charge in [-0.2, -0.15) is 13.2 Å². The lowest BCUT2D eigenvalue weighted by molar-refractivity contribution is -0.187. The number of aliphatic hydroxyl groups is 4. The van der Waals surface area contributed by atoms with E-state index in [9.17, 15) is 18.3 Å². The average molecular weight is 284 g/mol. The Kier molecular flexibility index (Phi) is 4.07. The van der Waals surface area contributed by atoms with E-state index < -0.39 is 41.4 Å². The molecule has 0 amide bonds. The summed E-state index contributed by atoms with van der Waals surface area (Å²) < 4.78 is 46.2. The van der Waals surface area contributed by atoms with Gasteiger partial charge < -0.3 is 29.9 Å². The first-order chi connectivity index (χ1) is 8.68. The zero-order chi connectivity index (χ0) is 14.8. The molecule has 1 atom stereocenters. The van der Waals surface area contributed by atoms with Gasteiger partial charge in [-0.05, 0) is 12.5 Å². The van der Waals surface area contributed by atoms with Crippen LogP contribution in [0.3, 0.4) is 0 Å². The van der Waals surface area contributed by atoms with Crippen molar-refractivity contribution in [1.29, 1.82) is 0 Å². The molecule has 108 valence electrons. The van der Waals surface area contributed by atoms with Crippen LogP contribution < -0.4 is 0 Å². The topological polar surface area (TPSA) is 99.4 Å². The van der Waals surface area contributed by atoms with Crippen LogP contribution in [0.4, 0.5) is 13.2 Å². The highest BCUT2D eigenvalue weighted by atomic mass is 19.4. The van der Waals surface area contributed by atoms with Crippen molar-refractivity contribution in [3.63, 3.8) is 0 Å². The summed E-state index contributed by atoms with van der Waals surface area (Å²) in [5, 5.41) is 36.4. The van der Waals surface area contributed by atoms with Gasteiger partial charge in [-0.25, -0.2) is 0 Å². The van der Waals surface area contributed by atoms with E-state index >= 15 is 0 Å². The predicted molar refractivity (Wildman–Crippen MR) is 55.0 cm³/mol. The summed E-state index contributed by atoms with van der Waals surface area (Å²) in [6.07, 6.45) is -6.28. The fraction of sp³-hybridized carbons (Fsp3) is 0.400. The third-order valence-corrected chi connectivity index (χ3v) is 2.01. The minimum atomic E-state index is -4.84. The van der Waals surface area contributed by atoms with Gasteiger partial charge in [-0.15, -0.1) is 0 Å². The quantitative estimate of drug-likeness (QED) is 0.595. The van der Waals surface area contributed by atoms with Gasteiger partial charge in [-0.1, -0.05) is 6.92 Å². The number of aliphatic hydroxyl groups excluding tert-OH is 4. The molecule has 0 aromatic carbocycles. The van der Waals surface area contributed by atoms with Crippen LogP contribution in [0, 0.1) is 0 Å². The van der Waals surface area contributed by atoms with Gasteiger partial charge >= 0.3 is 18.4 Å². The van der Waals surface area contributed by atoms with E-state index in [2.05, 4.69) is 9.47 Å². The van der Waals surface area contributed by atoms with E-state index in [4.69, 9.17) is 15.3 Å². The summed E-state index contributed by atoms with van der Waals surface area (Å²) in [5.41, 5.74) is 0. The van der Waals surface area contributed by atoms with E-state index in [-0.39, 0.29) is 6.42 Å². The smallest absolute Gasteiger partial charge is 0.448 e. The van der Waals surface area contributed by atoms with Gasteiger partial charge in [0.25, 0.3) is 0 Å². The monoisotopic (exact) mass is 284 g/mol. The zero-order valence-electron chi connectivity index (χ0n) is 9.60. The Bertz CT molecular complexity index is 449. The Morgan fingerprint density at radius 2 is 1.84 bits per heavy atom. The SMILES string of the molecule is CCC=C(OC1OC(O)=C(O)C(O)=C1O)C(F)(F)F. The molecule has 0 aromatic heterocycles. The van der Waals surface area contributed by atoms with Crippen LogP contribution in [0.25, 0.3) is 0 Å². The third kappa shape index (κ3) is 3.18. The normalized spacial score (nSPS) is 21.5. The molecule has 1 aliphatic heterocycles. The van der Waals surface area contributed by atoms with Crippen molar-refractivity contribution in [1.82, 2.24) is 0 Å². The van der Waals surface area contributed by atoms with Crippen LogP contribution >= 0.6 is 0 Å². The van der Waals surface area contributed by atoms with Crippen molar-refractivity contribution in [3.05, 3.63) is 35.1 Å². The molecule has 0 fully saturated rings. The van der Waals surface area contributed by atoms with E-state index in [1.807, 2.05) is 0 Å². The maximum Gasteiger partial charge on any atom is 0.448 e. The summed E-state index contributed by atoms with van der Waals surface area (Å²) in [6, 6.07) is 0. The van der Waals surface area contributed by atoms with Gasteiger partial charge in [0.05, 0.1) is 0 Å². The molecule has 1 rings (SSSR count). The van der Waals surface area contributed by atoms with E-state index in [1.165, 1.54) is 6.92 Å². The first-order valence-corrected chi connectivity index (χ1v) is 5.03. The molecule has 0 saturated heterocycles. The number of ether oxygens (including phenoxy) is 2. The lowest BCUT2D eigenvalue weighted by atomic mass is 10.3. The highest BCUT2D eigenvalue weighted by Crippen LogP contribution is 2.32. The maximum absolute atomic E-state index is 12.5. The van der Waals surface area contributed by atoms with Gasteiger partial charge in [-0.3, -0.25) is 0 Å². The lowest BCUT2D eigenvalue weighted by Crippen LogP contribution is -2.29. The molecule has 0 aromatic rings. The Hall–Kier alpha value is -2.19. The summed E-state index contributed by atoms with van der Waals surface area (Å²) in [6.45, 7) is 1.42. The largest absolute Gasteiger partial charge is 0.503 e. The summed E-state index contributed by atoms with van der Waals surface area (Å²) in [7, 11) is 0. The molecule has 1 unspecified atom stereocenters. The molecule has 1 aliphatic rings. The van der Waals surface area contributed by atoms with Crippen LogP contribution in [0.15, 0.2) is 35.1 Å². The predicted octanol–water partition coefficient (Wildman–Crippen LogP) is 2.83.